The zero-order valence-electron chi connectivity index (χ0n) is 15.8. The van der Waals surface area contributed by atoms with Gasteiger partial charge in [0, 0.05) is 29.6 Å². The van der Waals surface area contributed by atoms with Gasteiger partial charge >= 0.3 is 0 Å². The lowest BCUT2D eigenvalue weighted by Crippen LogP contribution is -2.19. The van der Waals surface area contributed by atoms with Gasteiger partial charge in [-0.3, -0.25) is 0 Å². The van der Waals surface area contributed by atoms with Gasteiger partial charge in [0.2, 0.25) is 5.95 Å². The molecule has 1 aliphatic carbocycles. The van der Waals surface area contributed by atoms with Crippen LogP contribution in [0.1, 0.15) is 44.2 Å². The first-order chi connectivity index (χ1) is 12.7. The predicted octanol–water partition coefficient (Wildman–Crippen LogP) is 4.68. The van der Waals surface area contributed by atoms with Crippen molar-refractivity contribution in [1.82, 2.24) is 9.97 Å². The smallest absolute Gasteiger partial charge is 0.229 e. The number of aromatic nitrogens is 2. The van der Waals surface area contributed by atoms with Crippen LogP contribution in [0.3, 0.4) is 0 Å². The maximum atomic E-state index is 5.36. The fourth-order valence-corrected chi connectivity index (χ4v) is 3.37. The summed E-state index contributed by atoms with van der Waals surface area (Å²) in [6.45, 7) is 1.99. The average Bonchev–Trinajstić information content (AvgIpc) is 2.89. The van der Waals surface area contributed by atoms with Crippen LogP contribution >= 0.6 is 0 Å². The van der Waals surface area contributed by atoms with Crippen molar-refractivity contribution in [3.8, 4) is 11.5 Å². The molecule has 0 atom stereocenters. The van der Waals surface area contributed by atoms with Gasteiger partial charge in [0.25, 0.3) is 0 Å². The molecule has 1 aromatic carbocycles. The highest BCUT2D eigenvalue weighted by Crippen LogP contribution is 2.31. The van der Waals surface area contributed by atoms with Gasteiger partial charge in [-0.1, -0.05) is 25.7 Å². The maximum absolute atomic E-state index is 5.36. The number of nitrogens with zero attached hydrogens (tertiary/aromatic N) is 2. The van der Waals surface area contributed by atoms with Gasteiger partial charge in [0.15, 0.2) is 11.5 Å². The van der Waals surface area contributed by atoms with E-state index in [2.05, 4.69) is 20.6 Å². The van der Waals surface area contributed by atoms with E-state index in [1.807, 2.05) is 31.2 Å². The number of ether oxygens (including phenoxy) is 2. The van der Waals surface area contributed by atoms with E-state index >= 15 is 0 Å². The molecule has 0 bridgehead atoms. The van der Waals surface area contributed by atoms with E-state index in [-0.39, 0.29) is 0 Å². The van der Waals surface area contributed by atoms with E-state index in [1.165, 1.54) is 38.5 Å². The second-order valence-electron chi connectivity index (χ2n) is 6.75. The van der Waals surface area contributed by atoms with Crippen LogP contribution in [0.15, 0.2) is 24.3 Å². The molecule has 6 nitrogen and oxygen atoms in total. The minimum absolute atomic E-state index is 0.501. The number of rotatable bonds is 6. The minimum Gasteiger partial charge on any atom is -0.493 e. The molecule has 3 rings (SSSR count). The fraction of sp³-hybridized carbons (Fsp3) is 0.500. The van der Waals surface area contributed by atoms with E-state index in [9.17, 15) is 0 Å². The summed E-state index contributed by atoms with van der Waals surface area (Å²) >= 11 is 0. The van der Waals surface area contributed by atoms with Gasteiger partial charge < -0.3 is 20.1 Å². The van der Waals surface area contributed by atoms with Crippen LogP contribution in [0.4, 0.5) is 17.5 Å². The van der Waals surface area contributed by atoms with E-state index in [4.69, 9.17) is 9.47 Å². The summed E-state index contributed by atoms with van der Waals surface area (Å²) in [7, 11) is 3.25. The van der Waals surface area contributed by atoms with Crippen LogP contribution in [0, 0.1) is 6.92 Å². The highest BCUT2D eigenvalue weighted by Gasteiger charge is 2.13. The summed E-state index contributed by atoms with van der Waals surface area (Å²) in [6.07, 6.45) is 7.68. The van der Waals surface area contributed by atoms with Crippen molar-refractivity contribution >= 4 is 17.5 Å². The highest BCUT2D eigenvalue weighted by atomic mass is 16.5. The van der Waals surface area contributed by atoms with Crippen LogP contribution in [0.5, 0.6) is 11.5 Å². The van der Waals surface area contributed by atoms with Gasteiger partial charge in [-0.2, -0.15) is 4.98 Å². The average molecular weight is 356 g/mol. The molecule has 1 aliphatic rings. The predicted molar refractivity (Wildman–Crippen MR) is 105 cm³/mol. The standard InChI is InChI=1S/C20H28N4O2/c1-14-12-19(22-15-8-6-4-5-7-9-15)24-20(21-14)23-16-10-11-17(25-2)18(13-16)26-3/h10-13,15H,4-9H2,1-3H3,(H2,21,22,23,24). The molecule has 2 aromatic rings. The first kappa shape index (κ1) is 18.3. The van der Waals surface area contributed by atoms with Crippen LogP contribution in [-0.4, -0.2) is 30.2 Å². The summed E-state index contributed by atoms with van der Waals surface area (Å²) in [5.74, 6) is 2.82. The molecule has 0 spiro atoms. The molecular formula is C20H28N4O2. The molecular weight excluding hydrogens is 328 g/mol. The number of nitrogens with one attached hydrogen (secondary N) is 2. The van der Waals surface area contributed by atoms with Crippen LogP contribution in [0.2, 0.25) is 0 Å². The third-order valence-corrected chi connectivity index (χ3v) is 4.70. The Balaban J connectivity index is 1.75. The monoisotopic (exact) mass is 356 g/mol. The normalized spacial score (nSPS) is 15.2. The number of aryl methyl sites for hydroxylation is 1. The quantitative estimate of drug-likeness (QED) is 0.733. The molecule has 26 heavy (non-hydrogen) atoms. The van der Waals surface area contributed by atoms with Gasteiger partial charge in [-0.05, 0) is 31.9 Å². The van der Waals surface area contributed by atoms with Crippen LogP contribution in [-0.2, 0) is 0 Å². The van der Waals surface area contributed by atoms with Crippen molar-refractivity contribution in [2.24, 2.45) is 0 Å². The molecule has 0 radical (unpaired) electrons. The van der Waals surface area contributed by atoms with E-state index in [1.54, 1.807) is 14.2 Å². The van der Waals surface area contributed by atoms with Crippen molar-refractivity contribution in [1.29, 1.82) is 0 Å². The molecule has 0 aliphatic heterocycles. The van der Waals surface area contributed by atoms with Crippen molar-refractivity contribution in [2.45, 2.75) is 51.5 Å². The number of hydrogen-bond donors (Lipinski definition) is 2. The Hall–Kier alpha value is -2.50. The number of benzene rings is 1. The zero-order chi connectivity index (χ0) is 18.4. The number of hydrogen-bond acceptors (Lipinski definition) is 6. The lowest BCUT2D eigenvalue weighted by molar-refractivity contribution is 0.355. The Morgan fingerprint density at radius 1 is 0.923 bits per heavy atom. The van der Waals surface area contributed by atoms with E-state index in [0.29, 0.717) is 23.5 Å². The molecule has 140 valence electrons. The Morgan fingerprint density at radius 3 is 2.35 bits per heavy atom. The summed E-state index contributed by atoms with van der Waals surface area (Å²) in [6, 6.07) is 8.17. The molecule has 1 heterocycles. The summed E-state index contributed by atoms with van der Waals surface area (Å²) in [5, 5.41) is 6.86. The molecule has 1 saturated carbocycles. The minimum atomic E-state index is 0.501. The van der Waals surface area contributed by atoms with Gasteiger partial charge in [-0.15, -0.1) is 0 Å². The lowest BCUT2D eigenvalue weighted by atomic mass is 10.1. The van der Waals surface area contributed by atoms with E-state index < -0.39 is 0 Å². The Morgan fingerprint density at radius 2 is 1.65 bits per heavy atom. The molecule has 0 saturated heterocycles. The number of methoxy groups -OCH3 is 2. The second-order valence-corrected chi connectivity index (χ2v) is 6.75. The third kappa shape index (κ3) is 4.77. The molecule has 2 N–H and O–H groups in total. The molecule has 1 aromatic heterocycles. The topological polar surface area (TPSA) is 68.3 Å². The lowest BCUT2D eigenvalue weighted by Gasteiger charge is -2.18. The Bertz CT molecular complexity index is 728. The van der Waals surface area contributed by atoms with Gasteiger partial charge in [0.05, 0.1) is 14.2 Å². The van der Waals surface area contributed by atoms with Crippen molar-refractivity contribution in [3.63, 3.8) is 0 Å². The first-order valence-electron chi connectivity index (χ1n) is 9.29. The fourth-order valence-electron chi connectivity index (χ4n) is 3.37. The second kappa shape index (κ2) is 8.74. The first-order valence-corrected chi connectivity index (χ1v) is 9.29. The third-order valence-electron chi connectivity index (χ3n) is 4.70. The van der Waals surface area contributed by atoms with Crippen LogP contribution < -0.4 is 20.1 Å². The van der Waals surface area contributed by atoms with Gasteiger partial charge in [0.1, 0.15) is 5.82 Å². The summed E-state index contributed by atoms with van der Waals surface area (Å²) in [4.78, 5) is 9.15. The maximum Gasteiger partial charge on any atom is 0.229 e. The molecule has 1 fully saturated rings. The van der Waals surface area contributed by atoms with Crippen molar-refractivity contribution in [2.75, 3.05) is 24.9 Å². The Labute approximate surface area is 155 Å². The largest absolute Gasteiger partial charge is 0.493 e. The van der Waals surface area contributed by atoms with E-state index in [0.717, 1.165) is 17.2 Å². The van der Waals surface area contributed by atoms with Crippen molar-refractivity contribution in [3.05, 3.63) is 30.0 Å². The van der Waals surface area contributed by atoms with Crippen molar-refractivity contribution < 1.29 is 9.47 Å². The molecule has 0 unspecified atom stereocenters. The SMILES string of the molecule is COc1ccc(Nc2nc(C)cc(NC3CCCCCC3)n2)cc1OC. The molecule has 0 amide bonds. The summed E-state index contributed by atoms with van der Waals surface area (Å²) in [5.41, 5.74) is 1.78. The highest BCUT2D eigenvalue weighted by molar-refractivity contribution is 5.60. The summed E-state index contributed by atoms with van der Waals surface area (Å²) < 4.78 is 10.6. The number of anilines is 3. The van der Waals surface area contributed by atoms with Crippen LogP contribution in [0.25, 0.3) is 0 Å². The molecule has 6 heteroatoms. The Kier molecular flexibility index (Phi) is 6.15. The zero-order valence-corrected chi connectivity index (χ0v) is 15.8. The van der Waals surface area contributed by atoms with Gasteiger partial charge in [-0.25, -0.2) is 4.98 Å².